The van der Waals surface area contributed by atoms with Gasteiger partial charge in [-0.25, -0.2) is 0 Å². The molecule has 9 heteroatoms. The average Bonchev–Trinajstić information content (AvgIpc) is 2.59. The van der Waals surface area contributed by atoms with E-state index in [0.717, 1.165) is 18.6 Å². The summed E-state index contributed by atoms with van der Waals surface area (Å²) in [5, 5.41) is 12.0. The van der Waals surface area contributed by atoms with Crippen LogP contribution >= 0.6 is 23.2 Å². The number of carbonyl (C=O) groups is 1. The Morgan fingerprint density at radius 2 is 1.76 bits per heavy atom. The fourth-order valence-electron chi connectivity index (χ4n) is 2.59. The molecule has 1 unspecified atom stereocenters. The Hall–Kier alpha value is -2.12. The van der Waals surface area contributed by atoms with Crippen LogP contribution in [0.1, 0.15) is 37.0 Å². The van der Waals surface area contributed by atoms with Gasteiger partial charge in [0, 0.05) is 11.7 Å². The minimum Gasteiger partial charge on any atom is -0.486 e. The summed E-state index contributed by atoms with van der Waals surface area (Å²) in [6.45, 7) is 3.60. The smallest absolute Gasteiger partial charge is 0.416 e. The number of carboxylic acid groups (broad SMARTS) is 1. The van der Waals surface area contributed by atoms with Gasteiger partial charge >= 0.3 is 12.1 Å². The van der Waals surface area contributed by atoms with Crippen LogP contribution in [0.5, 0.6) is 5.75 Å². The third-order valence-corrected chi connectivity index (χ3v) is 4.70. The third-order valence-electron chi connectivity index (χ3n) is 4.14. The molecule has 2 aromatic rings. The molecule has 0 radical (unpaired) electrons. The van der Waals surface area contributed by atoms with E-state index in [1.807, 2.05) is 13.8 Å². The first-order chi connectivity index (χ1) is 13.5. The number of ether oxygens (including phenoxy) is 1. The molecule has 0 spiro atoms. The zero-order valence-electron chi connectivity index (χ0n) is 15.7. The Morgan fingerprint density at radius 1 is 1.14 bits per heavy atom. The van der Waals surface area contributed by atoms with Gasteiger partial charge in [0.25, 0.3) is 0 Å². The molecule has 0 heterocycles. The standard InChI is InChI=1S/C20H20Cl2F3NO3/c1-3-11(2)26-15-5-13(4-14(9-15)20(23,24)25)10-29-19-16(21)6-12(7-17(19)22)8-18(27)28/h4-7,9,11,26H,3,8,10H2,1-2H3,(H,27,28). The Balaban J connectivity index is 2.27. The topological polar surface area (TPSA) is 58.6 Å². The largest absolute Gasteiger partial charge is 0.486 e. The maximum absolute atomic E-state index is 13.2. The van der Waals surface area contributed by atoms with E-state index in [4.69, 9.17) is 33.0 Å². The number of aliphatic carboxylic acids is 1. The van der Waals surface area contributed by atoms with Gasteiger partial charge in [0.1, 0.15) is 6.61 Å². The van der Waals surface area contributed by atoms with E-state index in [-0.39, 0.29) is 40.4 Å². The molecule has 2 aromatic carbocycles. The zero-order chi connectivity index (χ0) is 21.8. The van der Waals surface area contributed by atoms with E-state index in [0.29, 0.717) is 11.3 Å². The van der Waals surface area contributed by atoms with E-state index in [9.17, 15) is 18.0 Å². The van der Waals surface area contributed by atoms with Crippen LogP contribution in [0.2, 0.25) is 10.0 Å². The highest BCUT2D eigenvalue weighted by Crippen LogP contribution is 2.36. The van der Waals surface area contributed by atoms with E-state index < -0.39 is 17.7 Å². The minimum atomic E-state index is -4.50. The first-order valence-corrected chi connectivity index (χ1v) is 9.55. The molecule has 0 aromatic heterocycles. The maximum Gasteiger partial charge on any atom is 0.416 e. The van der Waals surface area contributed by atoms with Gasteiger partial charge in [0.15, 0.2) is 5.75 Å². The summed E-state index contributed by atoms with van der Waals surface area (Å²) in [5.74, 6) is -0.965. The van der Waals surface area contributed by atoms with Crippen molar-refractivity contribution >= 4 is 34.9 Å². The van der Waals surface area contributed by atoms with Crippen molar-refractivity contribution in [3.63, 3.8) is 0 Å². The molecule has 0 aliphatic heterocycles. The Labute approximate surface area is 176 Å². The van der Waals surface area contributed by atoms with Crippen molar-refractivity contribution in [3.05, 3.63) is 57.1 Å². The number of alkyl halides is 3. The van der Waals surface area contributed by atoms with Crippen molar-refractivity contribution in [1.82, 2.24) is 0 Å². The summed E-state index contributed by atoms with van der Waals surface area (Å²) in [6, 6.07) is 6.43. The lowest BCUT2D eigenvalue weighted by Gasteiger charge is -2.18. The number of hydrogen-bond donors (Lipinski definition) is 2. The van der Waals surface area contributed by atoms with Gasteiger partial charge in [-0.2, -0.15) is 13.2 Å². The van der Waals surface area contributed by atoms with E-state index >= 15 is 0 Å². The van der Waals surface area contributed by atoms with Crippen LogP contribution in [0.15, 0.2) is 30.3 Å². The Kier molecular flexibility index (Phi) is 7.66. The van der Waals surface area contributed by atoms with Gasteiger partial charge in [-0.3, -0.25) is 4.79 Å². The lowest BCUT2D eigenvalue weighted by atomic mass is 10.1. The van der Waals surface area contributed by atoms with Crippen molar-refractivity contribution in [1.29, 1.82) is 0 Å². The second-order valence-electron chi connectivity index (χ2n) is 6.62. The molecule has 4 nitrogen and oxygen atoms in total. The summed E-state index contributed by atoms with van der Waals surface area (Å²) < 4.78 is 45.3. The Morgan fingerprint density at radius 3 is 2.28 bits per heavy atom. The molecule has 0 saturated heterocycles. The number of rotatable bonds is 8. The highest BCUT2D eigenvalue weighted by molar-refractivity contribution is 6.37. The van der Waals surface area contributed by atoms with E-state index in [1.54, 1.807) is 6.07 Å². The molecule has 158 valence electrons. The fourth-order valence-corrected chi connectivity index (χ4v) is 3.23. The number of hydrogen-bond acceptors (Lipinski definition) is 3. The lowest BCUT2D eigenvalue weighted by molar-refractivity contribution is -0.138. The molecule has 0 aliphatic rings. The number of anilines is 1. The van der Waals surface area contributed by atoms with Crippen molar-refractivity contribution in [2.24, 2.45) is 0 Å². The summed E-state index contributed by atoms with van der Waals surface area (Å²) >= 11 is 12.2. The van der Waals surface area contributed by atoms with Crippen LogP contribution < -0.4 is 10.1 Å². The molecule has 2 N–H and O–H groups in total. The Bertz CT molecular complexity index is 865. The minimum absolute atomic E-state index is 0.00193. The monoisotopic (exact) mass is 449 g/mol. The molecule has 0 bridgehead atoms. The van der Waals surface area contributed by atoms with Gasteiger partial charge in [0.2, 0.25) is 0 Å². The lowest BCUT2D eigenvalue weighted by Crippen LogP contribution is -2.15. The van der Waals surface area contributed by atoms with Gasteiger partial charge in [-0.05, 0) is 54.8 Å². The molecular formula is C20H20Cl2F3NO3. The van der Waals surface area contributed by atoms with Crippen molar-refractivity contribution in [2.45, 2.75) is 45.5 Å². The average molecular weight is 450 g/mol. The quantitative estimate of drug-likeness (QED) is 0.487. The first-order valence-electron chi connectivity index (χ1n) is 8.79. The maximum atomic E-state index is 13.2. The summed E-state index contributed by atoms with van der Waals surface area (Å²) in [4.78, 5) is 10.8. The first kappa shape index (κ1) is 23.2. The molecule has 2 rings (SSSR count). The highest BCUT2D eigenvalue weighted by Gasteiger charge is 2.31. The number of halogens is 5. The molecular weight excluding hydrogens is 430 g/mol. The number of carboxylic acids is 1. The van der Waals surface area contributed by atoms with Gasteiger partial charge in [0.05, 0.1) is 22.0 Å². The van der Waals surface area contributed by atoms with Crippen LogP contribution in [-0.2, 0) is 24.0 Å². The molecule has 29 heavy (non-hydrogen) atoms. The summed E-state index contributed by atoms with van der Waals surface area (Å²) in [7, 11) is 0. The zero-order valence-corrected chi connectivity index (χ0v) is 17.3. The van der Waals surface area contributed by atoms with Crippen molar-refractivity contribution < 1.29 is 27.8 Å². The van der Waals surface area contributed by atoms with Gasteiger partial charge < -0.3 is 15.2 Å². The van der Waals surface area contributed by atoms with Crippen LogP contribution in [0, 0.1) is 0 Å². The SMILES string of the molecule is CCC(C)Nc1cc(COc2c(Cl)cc(CC(=O)O)cc2Cl)cc(C(F)(F)F)c1. The summed E-state index contributed by atoms with van der Waals surface area (Å²) in [6.07, 6.45) is -4.02. The van der Waals surface area contributed by atoms with Crippen LogP contribution in [0.25, 0.3) is 0 Å². The molecule has 0 aliphatic carbocycles. The molecule has 1 atom stereocenters. The van der Waals surface area contributed by atoms with Gasteiger partial charge in [-0.1, -0.05) is 30.1 Å². The van der Waals surface area contributed by atoms with Crippen LogP contribution in [0.4, 0.5) is 18.9 Å². The van der Waals surface area contributed by atoms with Gasteiger partial charge in [-0.15, -0.1) is 0 Å². The fraction of sp³-hybridized carbons (Fsp3) is 0.350. The predicted octanol–water partition coefficient (Wildman–Crippen LogP) is 6.43. The predicted molar refractivity (Wildman–Crippen MR) is 107 cm³/mol. The normalized spacial score (nSPS) is 12.5. The van der Waals surface area contributed by atoms with Crippen molar-refractivity contribution in [2.75, 3.05) is 5.32 Å². The van der Waals surface area contributed by atoms with E-state index in [2.05, 4.69) is 5.32 Å². The van der Waals surface area contributed by atoms with Crippen LogP contribution in [-0.4, -0.2) is 17.1 Å². The summed E-state index contributed by atoms with van der Waals surface area (Å²) in [5.41, 5.74) is 0.214. The number of nitrogens with one attached hydrogen (secondary N) is 1. The molecule has 0 fully saturated rings. The van der Waals surface area contributed by atoms with Crippen molar-refractivity contribution in [3.8, 4) is 5.75 Å². The second kappa shape index (κ2) is 9.59. The van der Waals surface area contributed by atoms with Crippen LogP contribution in [0.3, 0.4) is 0 Å². The third kappa shape index (κ3) is 6.72. The second-order valence-corrected chi connectivity index (χ2v) is 7.43. The number of benzene rings is 2. The molecule has 0 saturated carbocycles. The van der Waals surface area contributed by atoms with E-state index in [1.165, 1.54) is 12.1 Å². The molecule has 0 amide bonds. The highest BCUT2D eigenvalue weighted by atomic mass is 35.5.